The Balaban J connectivity index is 1.58. The second-order valence-corrected chi connectivity index (χ2v) is 8.33. The van der Waals surface area contributed by atoms with Crippen LogP contribution in [0.1, 0.15) is 54.0 Å². The van der Waals surface area contributed by atoms with Crippen LogP contribution in [0.5, 0.6) is 0 Å². The normalized spacial score (nSPS) is 15.0. The number of ether oxygens (including phenoxy) is 2. The summed E-state index contributed by atoms with van der Waals surface area (Å²) < 4.78 is 20.1. The van der Waals surface area contributed by atoms with Gasteiger partial charge < -0.3 is 23.6 Å². The van der Waals surface area contributed by atoms with Crippen molar-refractivity contribution in [3.8, 4) is 0 Å². The van der Waals surface area contributed by atoms with Gasteiger partial charge in [-0.3, -0.25) is 4.79 Å². The first kappa shape index (κ1) is 23.6. The number of carbonyl (C=O) groups excluding carboxylic acids is 3. The van der Waals surface area contributed by atoms with Crippen LogP contribution in [-0.2, 0) is 20.9 Å². The second-order valence-electron chi connectivity index (χ2n) is 7.37. The van der Waals surface area contributed by atoms with Gasteiger partial charge in [0.1, 0.15) is 12.1 Å². The monoisotopic (exact) mass is 463 g/mol. The highest BCUT2D eigenvalue weighted by Crippen LogP contribution is 2.21. The lowest BCUT2D eigenvalue weighted by Gasteiger charge is -2.25. The van der Waals surface area contributed by atoms with Crippen LogP contribution in [0.3, 0.4) is 0 Å². The molecule has 1 aliphatic rings. The molecule has 0 spiro atoms. The minimum absolute atomic E-state index is 0.0721. The first-order chi connectivity index (χ1) is 15.4. The summed E-state index contributed by atoms with van der Waals surface area (Å²) in [5.41, 5.74) is 0.390. The maximum absolute atomic E-state index is 12.8. The number of thioether (sulfide) groups is 1. The maximum Gasteiger partial charge on any atom is 0.519 e. The number of benzene rings is 1. The van der Waals surface area contributed by atoms with Gasteiger partial charge in [-0.1, -0.05) is 24.6 Å². The Bertz CT molecular complexity index is 977. The lowest BCUT2D eigenvalue weighted by Crippen LogP contribution is -2.45. The van der Waals surface area contributed by atoms with Crippen molar-refractivity contribution < 1.29 is 32.7 Å². The Morgan fingerprint density at radius 1 is 1.12 bits per heavy atom. The molecule has 1 amide bonds. The minimum Gasteiger partial charge on any atom is -0.461 e. The van der Waals surface area contributed by atoms with Crippen LogP contribution in [-0.4, -0.2) is 35.1 Å². The van der Waals surface area contributed by atoms with Gasteiger partial charge >= 0.3 is 17.1 Å². The van der Waals surface area contributed by atoms with E-state index in [0.717, 1.165) is 32.1 Å². The van der Waals surface area contributed by atoms with E-state index in [0.29, 0.717) is 17.3 Å². The predicted molar refractivity (Wildman–Crippen MR) is 115 cm³/mol. The average Bonchev–Trinajstić information content (AvgIpc) is 3.13. The molecule has 1 saturated carbocycles. The van der Waals surface area contributed by atoms with E-state index in [4.69, 9.17) is 18.3 Å². The second kappa shape index (κ2) is 11.6. The molecule has 1 aromatic heterocycles. The van der Waals surface area contributed by atoms with Crippen molar-refractivity contribution >= 4 is 28.9 Å². The summed E-state index contributed by atoms with van der Waals surface area (Å²) in [7, 11) is 0. The summed E-state index contributed by atoms with van der Waals surface area (Å²) in [6, 6.07) is 7.43. The third kappa shape index (κ3) is 7.01. The zero-order valence-corrected chi connectivity index (χ0v) is 18.5. The maximum atomic E-state index is 12.8. The van der Waals surface area contributed by atoms with E-state index < -0.39 is 29.0 Å². The fraction of sp³-hybridized carbons (Fsp3) is 0.455. The van der Waals surface area contributed by atoms with E-state index in [-0.39, 0.29) is 30.0 Å². The molecule has 1 atom stereocenters. The van der Waals surface area contributed by atoms with E-state index in [1.807, 2.05) is 0 Å². The standard InChI is InChI=1S/C22H25NO8S/c1-14-18(31-21(26)29-14)12-28-22(27)32-13-17(20(25)30-16-10-6-3-7-11-16)23-19(24)15-8-4-2-5-9-15/h2,4-5,8-9,16-17H,3,6-7,10-13H2,1H3,(H,23,24)/t17-/m0/s1. The van der Waals surface area contributed by atoms with Gasteiger partial charge in [-0.15, -0.1) is 0 Å². The molecule has 3 rings (SSSR count). The highest BCUT2D eigenvalue weighted by molar-refractivity contribution is 8.13. The number of aryl methyl sites for hydroxylation is 1. The molecule has 1 heterocycles. The van der Waals surface area contributed by atoms with Crippen molar-refractivity contribution in [2.24, 2.45) is 0 Å². The molecule has 1 aromatic carbocycles. The zero-order chi connectivity index (χ0) is 22.9. The fourth-order valence-corrected chi connectivity index (χ4v) is 3.92. The number of hydrogen-bond donors (Lipinski definition) is 1. The van der Waals surface area contributed by atoms with Gasteiger partial charge in [0.05, 0.1) is 0 Å². The lowest BCUT2D eigenvalue weighted by atomic mass is 9.98. The highest BCUT2D eigenvalue weighted by atomic mass is 32.2. The molecule has 32 heavy (non-hydrogen) atoms. The zero-order valence-electron chi connectivity index (χ0n) is 17.7. The van der Waals surface area contributed by atoms with Crippen molar-refractivity contribution in [2.75, 3.05) is 5.75 Å². The van der Waals surface area contributed by atoms with E-state index >= 15 is 0 Å². The van der Waals surface area contributed by atoms with E-state index in [1.165, 1.54) is 6.92 Å². The van der Waals surface area contributed by atoms with Gasteiger partial charge in [-0.05, 0) is 56.5 Å². The molecule has 0 saturated heterocycles. The minimum atomic E-state index is -1.03. The highest BCUT2D eigenvalue weighted by Gasteiger charge is 2.28. The van der Waals surface area contributed by atoms with Crippen LogP contribution in [0.4, 0.5) is 4.79 Å². The SMILES string of the molecule is Cc1oc(=O)oc1COC(=O)SC[C@H](NC(=O)c1ccccc1)C(=O)OC1CCCCC1. The Kier molecular flexibility index (Phi) is 8.55. The smallest absolute Gasteiger partial charge is 0.461 e. The van der Waals surface area contributed by atoms with E-state index in [9.17, 15) is 19.2 Å². The average molecular weight is 464 g/mol. The molecule has 1 fully saturated rings. The first-order valence-corrected chi connectivity index (χ1v) is 11.4. The Labute approximate surface area is 188 Å². The summed E-state index contributed by atoms with van der Waals surface area (Å²) in [5, 5.41) is 1.95. The van der Waals surface area contributed by atoms with Crippen molar-refractivity contribution in [1.82, 2.24) is 5.32 Å². The third-order valence-corrected chi connectivity index (χ3v) is 5.84. The quantitative estimate of drug-likeness (QED) is 0.585. The van der Waals surface area contributed by atoms with E-state index in [2.05, 4.69) is 5.32 Å². The van der Waals surface area contributed by atoms with Gasteiger partial charge in [0.2, 0.25) is 0 Å². The lowest BCUT2D eigenvalue weighted by molar-refractivity contribution is -0.152. The molecule has 0 aliphatic heterocycles. The molecule has 10 heteroatoms. The summed E-state index contributed by atoms with van der Waals surface area (Å²) >= 11 is 0.717. The molecule has 0 unspecified atom stereocenters. The van der Waals surface area contributed by atoms with Crippen molar-refractivity contribution in [3.63, 3.8) is 0 Å². The number of nitrogens with one attached hydrogen (secondary N) is 1. The Hall–Kier alpha value is -3.01. The molecule has 9 nitrogen and oxygen atoms in total. The molecular formula is C22H25NO8S. The number of rotatable bonds is 8. The predicted octanol–water partition coefficient (Wildman–Crippen LogP) is 3.59. The molecular weight excluding hydrogens is 438 g/mol. The molecule has 2 aromatic rings. The van der Waals surface area contributed by atoms with Crippen molar-refractivity contribution in [1.29, 1.82) is 0 Å². The molecule has 0 bridgehead atoms. The van der Waals surface area contributed by atoms with Gasteiger partial charge in [-0.25, -0.2) is 14.4 Å². The summed E-state index contributed by atoms with van der Waals surface area (Å²) in [6.45, 7) is 1.23. The summed E-state index contributed by atoms with van der Waals surface area (Å²) in [5.74, 6) is -1.65. The van der Waals surface area contributed by atoms with Gasteiger partial charge in [0.15, 0.2) is 18.1 Å². The van der Waals surface area contributed by atoms with Crippen molar-refractivity contribution in [2.45, 2.75) is 57.8 Å². The number of amides is 1. The van der Waals surface area contributed by atoms with Crippen molar-refractivity contribution in [3.05, 3.63) is 58.0 Å². The fourth-order valence-electron chi connectivity index (χ4n) is 3.25. The van der Waals surface area contributed by atoms with Gasteiger partial charge in [0.25, 0.3) is 5.91 Å². The first-order valence-electron chi connectivity index (χ1n) is 10.4. The molecule has 0 radical (unpaired) electrons. The number of carbonyl (C=O) groups is 3. The van der Waals surface area contributed by atoms with E-state index in [1.54, 1.807) is 30.3 Å². The molecule has 1 N–H and O–H groups in total. The summed E-state index contributed by atoms with van der Waals surface area (Å²) in [4.78, 5) is 48.5. The van der Waals surface area contributed by atoms with Gasteiger partial charge in [-0.2, -0.15) is 0 Å². The van der Waals surface area contributed by atoms with Crippen LogP contribution >= 0.6 is 11.8 Å². The summed E-state index contributed by atoms with van der Waals surface area (Å²) in [6.07, 6.45) is 4.48. The Morgan fingerprint density at radius 3 is 2.50 bits per heavy atom. The van der Waals surface area contributed by atoms with Gasteiger partial charge in [0, 0.05) is 11.3 Å². The molecule has 1 aliphatic carbocycles. The van der Waals surface area contributed by atoms with Crippen LogP contribution in [0.2, 0.25) is 0 Å². The third-order valence-electron chi connectivity index (χ3n) is 4.99. The molecule has 172 valence electrons. The largest absolute Gasteiger partial charge is 0.519 e. The van der Waals surface area contributed by atoms with Crippen LogP contribution < -0.4 is 11.1 Å². The van der Waals surface area contributed by atoms with Crippen LogP contribution in [0.25, 0.3) is 0 Å². The number of hydrogen-bond acceptors (Lipinski definition) is 9. The topological polar surface area (TPSA) is 125 Å². The van der Waals surface area contributed by atoms with Crippen LogP contribution in [0.15, 0.2) is 44.0 Å². The Morgan fingerprint density at radius 2 is 1.84 bits per heavy atom. The van der Waals surface area contributed by atoms with Crippen LogP contribution in [0, 0.1) is 6.92 Å². The number of esters is 1.